The number of benzene rings is 1. The van der Waals surface area contributed by atoms with Crippen molar-refractivity contribution < 1.29 is 31.1 Å². The summed E-state index contributed by atoms with van der Waals surface area (Å²) in [6.07, 6.45) is -6.38. The van der Waals surface area contributed by atoms with Crippen LogP contribution in [0.1, 0.15) is 16.7 Å². The molecule has 0 saturated heterocycles. The number of alkyl halides is 6. The predicted octanol–water partition coefficient (Wildman–Crippen LogP) is 3.14. The molecule has 1 aliphatic heterocycles. The van der Waals surface area contributed by atoms with E-state index in [2.05, 4.69) is 5.32 Å². The molecule has 1 aromatic rings. The first kappa shape index (κ1) is 22.2. The fraction of sp³-hybridized carbons (Fsp3) is 0.500. The van der Waals surface area contributed by atoms with Gasteiger partial charge in [-0.15, -0.1) is 0 Å². The topological polar surface area (TPSA) is 35.6 Å². The summed E-state index contributed by atoms with van der Waals surface area (Å²) in [5, 5.41) is 2.44. The molecule has 1 atom stereocenters. The van der Waals surface area contributed by atoms with Crippen molar-refractivity contribution in [2.75, 3.05) is 33.7 Å². The van der Waals surface area contributed by atoms with Crippen molar-refractivity contribution in [3.63, 3.8) is 0 Å². The lowest BCUT2D eigenvalue weighted by Crippen LogP contribution is -2.45. The Kier molecular flexibility index (Phi) is 6.76. The molecule has 10 heteroatoms. The van der Waals surface area contributed by atoms with Gasteiger partial charge in [-0.3, -0.25) is 9.69 Å². The van der Waals surface area contributed by atoms with E-state index in [9.17, 15) is 31.1 Å². The molecule has 0 aromatic heterocycles. The Bertz CT molecular complexity index is 695. The van der Waals surface area contributed by atoms with E-state index in [0.29, 0.717) is 31.8 Å². The Morgan fingerprint density at radius 2 is 1.68 bits per heavy atom. The van der Waals surface area contributed by atoms with Crippen molar-refractivity contribution >= 4 is 5.91 Å². The number of carbonyl (C=O) groups excluding carboxylic acids is 1. The van der Waals surface area contributed by atoms with Crippen LogP contribution < -0.4 is 5.32 Å². The number of nitrogens with zero attached hydrogens (tertiary/aromatic N) is 2. The largest absolute Gasteiger partial charge is 0.416 e. The van der Waals surface area contributed by atoms with E-state index in [4.69, 9.17) is 0 Å². The highest BCUT2D eigenvalue weighted by atomic mass is 19.4. The first-order valence-electron chi connectivity index (χ1n) is 8.49. The van der Waals surface area contributed by atoms with E-state index < -0.39 is 42.0 Å². The van der Waals surface area contributed by atoms with Crippen molar-refractivity contribution in [1.29, 1.82) is 0 Å². The zero-order valence-electron chi connectivity index (χ0n) is 15.4. The summed E-state index contributed by atoms with van der Waals surface area (Å²) in [6.45, 7) is 1.42. The van der Waals surface area contributed by atoms with E-state index in [1.54, 1.807) is 12.2 Å². The molecule has 0 aliphatic carbocycles. The van der Waals surface area contributed by atoms with Gasteiger partial charge in [-0.2, -0.15) is 26.3 Å². The molecule has 4 nitrogen and oxygen atoms in total. The second-order valence-electron chi connectivity index (χ2n) is 6.80. The van der Waals surface area contributed by atoms with Gasteiger partial charge in [0.1, 0.15) is 6.04 Å². The maximum absolute atomic E-state index is 12.9. The molecule has 2 rings (SSSR count). The number of halogens is 6. The number of hydrogen-bond acceptors (Lipinski definition) is 3. The number of hydrogen-bond donors (Lipinski definition) is 1. The smallest absolute Gasteiger partial charge is 0.350 e. The molecule has 28 heavy (non-hydrogen) atoms. The van der Waals surface area contributed by atoms with Crippen LogP contribution in [0.3, 0.4) is 0 Å². The molecule has 0 unspecified atom stereocenters. The van der Waals surface area contributed by atoms with Crippen LogP contribution in [0.5, 0.6) is 0 Å². The summed E-state index contributed by atoms with van der Waals surface area (Å²) in [4.78, 5) is 16.2. The Morgan fingerprint density at radius 3 is 2.18 bits per heavy atom. The minimum atomic E-state index is -4.92. The first-order chi connectivity index (χ1) is 12.9. The lowest BCUT2D eigenvalue weighted by molar-refractivity contribution is -0.143. The molecular weight excluding hydrogens is 388 g/mol. The molecule has 1 amide bonds. The van der Waals surface area contributed by atoms with Crippen molar-refractivity contribution in [1.82, 2.24) is 15.1 Å². The SMILES string of the molecule is CN(C)CCN1CC=C[C@H]1C(=O)NCc1cc(C(F)(F)F)cc(C(F)(F)F)c1. The third-order valence-corrected chi connectivity index (χ3v) is 4.27. The Labute approximate surface area is 158 Å². The molecule has 1 N–H and O–H groups in total. The van der Waals surface area contributed by atoms with Crippen LogP contribution in [-0.2, 0) is 23.7 Å². The standard InChI is InChI=1S/C18H21F6N3O/c1-26(2)6-7-27-5-3-4-15(27)16(28)25-11-12-8-13(17(19,20)21)10-14(9-12)18(22,23)24/h3-4,8-10,15H,5-7,11H2,1-2H3,(H,25,28)/t15-/m0/s1. The molecular formula is C18H21F6N3O. The minimum absolute atomic E-state index is 0.0635. The van der Waals surface area contributed by atoms with Crippen LogP contribution >= 0.6 is 0 Å². The Morgan fingerprint density at radius 1 is 1.11 bits per heavy atom. The number of nitrogens with one attached hydrogen (secondary N) is 1. The highest BCUT2D eigenvalue weighted by molar-refractivity contribution is 5.84. The quantitative estimate of drug-likeness (QED) is 0.579. The second kappa shape index (κ2) is 8.52. The molecule has 0 spiro atoms. The molecule has 1 aromatic carbocycles. The van der Waals surface area contributed by atoms with E-state index in [1.165, 1.54) is 0 Å². The number of rotatable bonds is 6. The zero-order valence-corrected chi connectivity index (χ0v) is 15.4. The Hall–Kier alpha value is -2.07. The van der Waals surface area contributed by atoms with Crippen LogP contribution in [0.15, 0.2) is 30.4 Å². The van der Waals surface area contributed by atoms with Crippen LogP contribution in [0.2, 0.25) is 0 Å². The second-order valence-corrected chi connectivity index (χ2v) is 6.80. The minimum Gasteiger partial charge on any atom is -0.350 e. The van der Waals surface area contributed by atoms with Gasteiger partial charge in [0, 0.05) is 26.2 Å². The monoisotopic (exact) mass is 409 g/mol. The zero-order chi connectivity index (χ0) is 21.1. The molecule has 0 fully saturated rings. The summed E-state index contributed by atoms with van der Waals surface area (Å²) in [5.41, 5.74) is -3.07. The van der Waals surface area contributed by atoms with Gasteiger partial charge in [-0.05, 0) is 37.9 Å². The highest BCUT2D eigenvalue weighted by Gasteiger charge is 2.37. The molecule has 156 valence electrons. The lowest BCUT2D eigenvalue weighted by Gasteiger charge is -2.25. The summed E-state index contributed by atoms with van der Waals surface area (Å²) in [6, 6.07) is 0.689. The molecule has 0 radical (unpaired) electrons. The van der Waals surface area contributed by atoms with Crippen LogP contribution in [0.25, 0.3) is 0 Å². The number of amides is 1. The van der Waals surface area contributed by atoms with Crippen molar-refractivity contribution in [2.45, 2.75) is 24.9 Å². The normalized spacial score (nSPS) is 18.1. The van der Waals surface area contributed by atoms with Gasteiger partial charge < -0.3 is 10.2 Å². The average Bonchev–Trinajstić information content (AvgIpc) is 3.04. The molecule has 1 heterocycles. The summed E-state index contributed by atoms with van der Waals surface area (Å²) in [5.74, 6) is -0.474. The summed E-state index contributed by atoms with van der Waals surface area (Å²) in [7, 11) is 3.76. The van der Waals surface area contributed by atoms with Gasteiger partial charge >= 0.3 is 12.4 Å². The van der Waals surface area contributed by atoms with Crippen LogP contribution in [0.4, 0.5) is 26.3 Å². The van der Waals surface area contributed by atoms with Crippen LogP contribution in [0, 0.1) is 0 Å². The van der Waals surface area contributed by atoms with E-state index in [-0.39, 0.29) is 11.6 Å². The molecule has 0 bridgehead atoms. The van der Waals surface area contributed by atoms with E-state index in [0.717, 1.165) is 0 Å². The van der Waals surface area contributed by atoms with Crippen molar-refractivity contribution in [3.05, 3.63) is 47.0 Å². The van der Waals surface area contributed by atoms with Gasteiger partial charge in [0.15, 0.2) is 0 Å². The van der Waals surface area contributed by atoms with Crippen LogP contribution in [-0.4, -0.2) is 55.5 Å². The van der Waals surface area contributed by atoms with Crippen molar-refractivity contribution in [3.8, 4) is 0 Å². The average molecular weight is 409 g/mol. The third kappa shape index (κ3) is 5.96. The van der Waals surface area contributed by atoms with Gasteiger partial charge in [0.05, 0.1) is 11.1 Å². The third-order valence-electron chi connectivity index (χ3n) is 4.27. The number of likely N-dealkylation sites (N-methyl/N-ethyl adjacent to an activating group) is 1. The molecule has 1 aliphatic rings. The Balaban J connectivity index is 2.10. The first-order valence-corrected chi connectivity index (χ1v) is 8.49. The fourth-order valence-electron chi connectivity index (χ4n) is 2.79. The number of carbonyl (C=O) groups is 1. The van der Waals surface area contributed by atoms with E-state index >= 15 is 0 Å². The maximum Gasteiger partial charge on any atom is 0.416 e. The summed E-state index contributed by atoms with van der Waals surface area (Å²) >= 11 is 0. The van der Waals surface area contributed by atoms with Gasteiger partial charge in [-0.25, -0.2) is 0 Å². The fourth-order valence-corrected chi connectivity index (χ4v) is 2.79. The predicted molar refractivity (Wildman–Crippen MR) is 91.3 cm³/mol. The maximum atomic E-state index is 12.9. The highest BCUT2D eigenvalue weighted by Crippen LogP contribution is 2.36. The van der Waals surface area contributed by atoms with Gasteiger partial charge in [0.2, 0.25) is 5.91 Å². The molecule has 0 saturated carbocycles. The van der Waals surface area contributed by atoms with Gasteiger partial charge in [0.25, 0.3) is 0 Å². The van der Waals surface area contributed by atoms with Gasteiger partial charge in [-0.1, -0.05) is 12.2 Å². The summed E-state index contributed by atoms with van der Waals surface area (Å²) < 4.78 is 77.4. The van der Waals surface area contributed by atoms with Crippen molar-refractivity contribution in [2.24, 2.45) is 0 Å². The van der Waals surface area contributed by atoms with E-state index in [1.807, 2.05) is 23.9 Å². The lowest BCUT2D eigenvalue weighted by atomic mass is 10.0.